The molecule has 2 rings (SSSR count). The number of hydrazone groups is 1. The lowest BCUT2D eigenvalue weighted by molar-refractivity contribution is 0.0954. The first-order chi connectivity index (χ1) is 11.6. The highest BCUT2D eigenvalue weighted by atomic mass is 16.5. The third-order valence-corrected chi connectivity index (χ3v) is 3.23. The summed E-state index contributed by atoms with van der Waals surface area (Å²) in [6.07, 6.45) is 1.45. The fraction of sp³-hybridized carbons (Fsp3) is 0.176. The van der Waals surface area contributed by atoms with Crippen LogP contribution in [0.5, 0.6) is 23.0 Å². The van der Waals surface area contributed by atoms with Crippen LogP contribution >= 0.6 is 0 Å². The molecule has 24 heavy (non-hydrogen) atoms. The molecular formula is C17H18N2O5. The highest BCUT2D eigenvalue weighted by molar-refractivity contribution is 5.95. The number of hydrogen-bond acceptors (Lipinski definition) is 6. The van der Waals surface area contributed by atoms with Gasteiger partial charge in [-0.05, 0) is 42.0 Å². The third-order valence-electron chi connectivity index (χ3n) is 3.23. The summed E-state index contributed by atoms with van der Waals surface area (Å²) in [6, 6.07) is 9.53. The van der Waals surface area contributed by atoms with Crippen LogP contribution in [0.3, 0.4) is 0 Å². The first kappa shape index (κ1) is 17.1. The first-order valence-corrected chi connectivity index (χ1v) is 7.01. The van der Waals surface area contributed by atoms with Gasteiger partial charge in [-0.3, -0.25) is 4.79 Å². The van der Waals surface area contributed by atoms with Gasteiger partial charge in [0, 0.05) is 5.56 Å². The maximum Gasteiger partial charge on any atom is 0.271 e. The van der Waals surface area contributed by atoms with Crippen LogP contribution in [0.25, 0.3) is 0 Å². The van der Waals surface area contributed by atoms with Crippen molar-refractivity contribution in [3.05, 3.63) is 47.5 Å². The van der Waals surface area contributed by atoms with E-state index in [1.807, 2.05) is 0 Å². The highest BCUT2D eigenvalue weighted by Crippen LogP contribution is 2.27. The summed E-state index contributed by atoms with van der Waals surface area (Å²) >= 11 is 0. The maximum absolute atomic E-state index is 12.1. The molecular weight excluding hydrogens is 312 g/mol. The molecule has 1 amide bonds. The van der Waals surface area contributed by atoms with Crippen molar-refractivity contribution in [2.75, 3.05) is 21.3 Å². The Kier molecular flexibility index (Phi) is 5.62. The molecule has 0 saturated heterocycles. The molecule has 0 saturated carbocycles. The van der Waals surface area contributed by atoms with E-state index < -0.39 is 5.91 Å². The van der Waals surface area contributed by atoms with Crippen LogP contribution in [-0.4, -0.2) is 38.6 Å². The minimum absolute atomic E-state index is 0.0315. The van der Waals surface area contributed by atoms with Crippen molar-refractivity contribution in [1.29, 1.82) is 0 Å². The largest absolute Gasteiger partial charge is 0.504 e. The quantitative estimate of drug-likeness (QED) is 0.626. The number of phenols is 1. The molecule has 0 aliphatic heterocycles. The zero-order valence-electron chi connectivity index (χ0n) is 13.6. The van der Waals surface area contributed by atoms with Crippen molar-refractivity contribution in [3.63, 3.8) is 0 Å². The summed E-state index contributed by atoms with van der Waals surface area (Å²) in [4.78, 5) is 12.1. The van der Waals surface area contributed by atoms with Crippen LogP contribution in [0.4, 0.5) is 0 Å². The van der Waals surface area contributed by atoms with Gasteiger partial charge in [-0.2, -0.15) is 5.10 Å². The van der Waals surface area contributed by atoms with Gasteiger partial charge in [0.2, 0.25) is 0 Å². The van der Waals surface area contributed by atoms with Gasteiger partial charge in [0.15, 0.2) is 23.0 Å². The Balaban J connectivity index is 2.07. The van der Waals surface area contributed by atoms with E-state index in [1.165, 1.54) is 33.6 Å². The maximum atomic E-state index is 12.1. The van der Waals surface area contributed by atoms with Crippen LogP contribution in [0.15, 0.2) is 41.5 Å². The molecule has 2 N–H and O–H groups in total. The topological polar surface area (TPSA) is 89.4 Å². The molecule has 0 aromatic heterocycles. The number of carbonyl (C=O) groups excluding carboxylic acids is 1. The molecule has 0 fully saturated rings. The summed E-state index contributed by atoms with van der Waals surface area (Å²) in [6.45, 7) is 0. The lowest BCUT2D eigenvalue weighted by atomic mass is 10.2. The molecule has 0 aliphatic carbocycles. The number of nitrogens with zero attached hydrogens (tertiary/aromatic N) is 1. The average Bonchev–Trinajstić information content (AvgIpc) is 2.62. The van der Waals surface area contributed by atoms with Gasteiger partial charge >= 0.3 is 0 Å². The number of ether oxygens (including phenoxy) is 3. The Bertz CT molecular complexity index is 759. The predicted molar refractivity (Wildman–Crippen MR) is 89.3 cm³/mol. The number of methoxy groups -OCH3 is 3. The lowest BCUT2D eigenvalue weighted by Crippen LogP contribution is -2.17. The van der Waals surface area contributed by atoms with Crippen LogP contribution in [0.1, 0.15) is 15.9 Å². The molecule has 126 valence electrons. The number of nitrogens with one attached hydrogen (secondary N) is 1. The van der Waals surface area contributed by atoms with Crippen molar-refractivity contribution in [1.82, 2.24) is 5.43 Å². The van der Waals surface area contributed by atoms with Gasteiger partial charge in [0.05, 0.1) is 27.5 Å². The normalized spacial score (nSPS) is 10.5. The summed E-state index contributed by atoms with van der Waals surface area (Å²) in [5.41, 5.74) is 3.47. The fourth-order valence-corrected chi connectivity index (χ4v) is 1.98. The number of carbonyl (C=O) groups is 1. The Morgan fingerprint density at radius 1 is 1.00 bits per heavy atom. The number of hydrogen-bond donors (Lipinski definition) is 2. The SMILES string of the molecule is COc1cc(C=NNC(=O)c2ccc(OC)c(OC)c2)ccc1O. The van der Waals surface area contributed by atoms with Gasteiger partial charge in [-0.15, -0.1) is 0 Å². The van der Waals surface area contributed by atoms with Gasteiger partial charge in [0.25, 0.3) is 5.91 Å². The summed E-state index contributed by atoms with van der Waals surface area (Å²) < 4.78 is 15.3. The number of amides is 1. The second-order valence-corrected chi connectivity index (χ2v) is 4.70. The van der Waals surface area contributed by atoms with E-state index in [0.717, 1.165) is 0 Å². The Morgan fingerprint density at radius 3 is 2.38 bits per heavy atom. The summed E-state index contributed by atoms with van der Waals surface area (Å²) in [7, 11) is 4.47. The second kappa shape index (κ2) is 7.87. The zero-order valence-corrected chi connectivity index (χ0v) is 13.6. The van der Waals surface area contributed by atoms with E-state index in [0.29, 0.717) is 28.4 Å². The summed E-state index contributed by atoms with van der Waals surface area (Å²) in [5.74, 6) is 0.957. The standard InChI is InChI=1S/C17H18N2O5/c1-22-14-7-5-12(9-16(14)24-3)17(21)19-18-10-11-4-6-13(20)15(8-11)23-2/h4-10,20H,1-3H3,(H,19,21). The average molecular weight is 330 g/mol. The van der Waals surface area contributed by atoms with Crippen LogP contribution in [0, 0.1) is 0 Å². The van der Waals surface area contributed by atoms with Crippen molar-refractivity contribution in [2.24, 2.45) is 5.10 Å². The molecule has 0 radical (unpaired) electrons. The Morgan fingerprint density at radius 2 is 1.71 bits per heavy atom. The van der Waals surface area contributed by atoms with E-state index in [4.69, 9.17) is 14.2 Å². The predicted octanol–water partition coefficient (Wildman–Crippen LogP) is 2.18. The van der Waals surface area contributed by atoms with Crippen molar-refractivity contribution in [2.45, 2.75) is 0 Å². The van der Waals surface area contributed by atoms with E-state index in [2.05, 4.69) is 10.5 Å². The molecule has 0 unspecified atom stereocenters. The van der Waals surface area contributed by atoms with Crippen LogP contribution < -0.4 is 19.6 Å². The highest BCUT2D eigenvalue weighted by Gasteiger charge is 2.10. The van der Waals surface area contributed by atoms with E-state index >= 15 is 0 Å². The van der Waals surface area contributed by atoms with E-state index in [9.17, 15) is 9.90 Å². The molecule has 7 heteroatoms. The summed E-state index contributed by atoms with van der Waals surface area (Å²) in [5, 5.41) is 13.4. The molecule has 0 bridgehead atoms. The zero-order chi connectivity index (χ0) is 17.5. The van der Waals surface area contributed by atoms with Gasteiger partial charge < -0.3 is 19.3 Å². The van der Waals surface area contributed by atoms with Crippen LogP contribution in [-0.2, 0) is 0 Å². The van der Waals surface area contributed by atoms with Crippen molar-refractivity contribution >= 4 is 12.1 Å². The van der Waals surface area contributed by atoms with E-state index in [1.54, 1.807) is 30.3 Å². The molecule has 0 atom stereocenters. The molecule has 0 heterocycles. The number of aromatic hydroxyl groups is 1. The minimum atomic E-state index is -0.391. The number of benzene rings is 2. The van der Waals surface area contributed by atoms with Crippen molar-refractivity contribution < 1.29 is 24.1 Å². The third kappa shape index (κ3) is 3.95. The van der Waals surface area contributed by atoms with Gasteiger partial charge in [0.1, 0.15) is 0 Å². The monoisotopic (exact) mass is 330 g/mol. The first-order valence-electron chi connectivity index (χ1n) is 7.01. The van der Waals surface area contributed by atoms with Crippen molar-refractivity contribution in [3.8, 4) is 23.0 Å². The van der Waals surface area contributed by atoms with Gasteiger partial charge in [-0.25, -0.2) is 5.43 Å². The number of rotatable bonds is 6. The molecule has 0 aliphatic rings. The lowest BCUT2D eigenvalue weighted by Gasteiger charge is -2.08. The Labute approximate surface area is 139 Å². The molecule has 0 spiro atoms. The smallest absolute Gasteiger partial charge is 0.271 e. The Hall–Kier alpha value is -3.22. The number of phenolic OH excluding ortho intramolecular Hbond substituents is 1. The fourth-order valence-electron chi connectivity index (χ4n) is 1.98. The van der Waals surface area contributed by atoms with E-state index in [-0.39, 0.29) is 5.75 Å². The molecule has 2 aromatic rings. The molecule has 2 aromatic carbocycles. The molecule has 7 nitrogen and oxygen atoms in total. The minimum Gasteiger partial charge on any atom is -0.504 e. The van der Waals surface area contributed by atoms with Crippen LogP contribution in [0.2, 0.25) is 0 Å². The second-order valence-electron chi connectivity index (χ2n) is 4.70. The van der Waals surface area contributed by atoms with Gasteiger partial charge in [-0.1, -0.05) is 0 Å².